The lowest BCUT2D eigenvalue weighted by Crippen LogP contribution is -2.35. The van der Waals surface area contributed by atoms with E-state index in [1.54, 1.807) is 39.6 Å². The van der Waals surface area contributed by atoms with Crippen LogP contribution >= 0.6 is 0 Å². The first-order valence-electron chi connectivity index (χ1n) is 6.68. The Hall–Kier alpha value is -1.22. The maximum Gasteiger partial charge on any atom is 0.246 e. The molecule has 7 nitrogen and oxygen atoms in total. The van der Waals surface area contributed by atoms with Crippen molar-refractivity contribution in [2.24, 2.45) is 0 Å². The van der Waals surface area contributed by atoms with Gasteiger partial charge in [0.15, 0.2) is 0 Å². The van der Waals surface area contributed by atoms with Crippen LogP contribution in [0, 0.1) is 0 Å². The summed E-state index contributed by atoms with van der Waals surface area (Å²) in [7, 11) is 1.16. The molecule has 0 unspecified atom stereocenters. The van der Waals surface area contributed by atoms with E-state index in [4.69, 9.17) is 9.47 Å². The predicted octanol–water partition coefficient (Wildman–Crippen LogP) is 0.797. The minimum Gasteiger partial charge on any atom is -0.385 e. The van der Waals surface area contributed by atoms with Crippen LogP contribution < -0.4 is 5.32 Å². The Labute approximate surface area is 126 Å². The van der Waals surface area contributed by atoms with Crippen molar-refractivity contribution in [3.8, 4) is 0 Å². The number of pyridine rings is 1. The van der Waals surface area contributed by atoms with Gasteiger partial charge in [0.1, 0.15) is 10.7 Å². The van der Waals surface area contributed by atoms with E-state index in [1.165, 1.54) is 4.31 Å². The van der Waals surface area contributed by atoms with E-state index >= 15 is 0 Å². The molecular formula is C13H23N3O4S. The highest BCUT2D eigenvalue weighted by atomic mass is 32.2. The van der Waals surface area contributed by atoms with Gasteiger partial charge in [0, 0.05) is 47.2 Å². The molecule has 0 aliphatic carbocycles. The van der Waals surface area contributed by atoms with Gasteiger partial charge in [-0.25, -0.2) is 13.4 Å². The molecule has 0 saturated carbocycles. The topological polar surface area (TPSA) is 80.8 Å². The molecule has 0 atom stereocenters. The second kappa shape index (κ2) is 8.93. The molecule has 1 heterocycles. The number of aromatic nitrogens is 1. The molecule has 1 N–H and O–H groups in total. The van der Waals surface area contributed by atoms with E-state index in [-0.39, 0.29) is 4.90 Å². The van der Waals surface area contributed by atoms with E-state index in [9.17, 15) is 8.42 Å². The van der Waals surface area contributed by atoms with Crippen LogP contribution in [0.4, 0.5) is 5.82 Å². The van der Waals surface area contributed by atoms with Crippen LogP contribution in [0.5, 0.6) is 0 Å². The molecule has 0 saturated heterocycles. The Morgan fingerprint density at radius 1 is 1.24 bits per heavy atom. The van der Waals surface area contributed by atoms with Crippen molar-refractivity contribution in [2.45, 2.75) is 11.3 Å². The third-order valence-corrected chi connectivity index (χ3v) is 4.86. The van der Waals surface area contributed by atoms with Gasteiger partial charge >= 0.3 is 0 Å². The second-order valence-corrected chi connectivity index (χ2v) is 6.25. The van der Waals surface area contributed by atoms with Crippen molar-refractivity contribution in [1.29, 1.82) is 0 Å². The summed E-state index contributed by atoms with van der Waals surface area (Å²) in [6.07, 6.45) is 2.17. The van der Waals surface area contributed by atoms with Gasteiger partial charge in [-0.05, 0) is 18.6 Å². The number of rotatable bonds is 10. The van der Waals surface area contributed by atoms with Crippen LogP contribution in [0.2, 0.25) is 0 Å². The monoisotopic (exact) mass is 317 g/mol. The van der Waals surface area contributed by atoms with Crippen LogP contribution in [0.1, 0.15) is 6.42 Å². The highest BCUT2D eigenvalue weighted by molar-refractivity contribution is 7.89. The summed E-state index contributed by atoms with van der Waals surface area (Å²) in [5.74, 6) is 0.339. The standard InChI is InChI=1S/C13H23N3O4S/c1-14-13-12(6-4-7-15-13)21(17,18)16(9-11-20-3)8-5-10-19-2/h4,6-7H,5,8-11H2,1-3H3,(H,14,15). The molecule has 1 aromatic rings. The Morgan fingerprint density at radius 2 is 1.95 bits per heavy atom. The molecule has 0 spiro atoms. The van der Waals surface area contributed by atoms with Gasteiger partial charge in [-0.15, -0.1) is 0 Å². The number of ether oxygens (including phenoxy) is 2. The highest BCUT2D eigenvalue weighted by Gasteiger charge is 2.26. The summed E-state index contributed by atoms with van der Waals surface area (Å²) in [6.45, 7) is 1.50. The number of sulfonamides is 1. The third kappa shape index (κ3) is 4.92. The molecule has 0 radical (unpaired) electrons. The first-order valence-corrected chi connectivity index (χ1v) is 8.12. The van der Waals surface area contributed by atoms with E-state index in [2.05, 4.69) is 10.3 Å². The zero-order valence-corrected chi connectivity index (χ0v) is 13.5. The van der Waals surface area contributed by atoms with E-state index in [1.807, 2.05) is 0 Å². The number of methoxy groups -OCH3 is 2. The Kier molecular flexibility index (Phi) is 7.58. The maximum atomic E-state index is 12.8. The summed E-state index contributed by atoms with van der Waals surface area (Å²) in [5.41, 5.74) is 0. The van der Waals surface area contributed by atoms with Crippen molar-refractivity contribution < 1.29 is 17.9 Å². The molecule has 0 aliphatic rings. The quantitative estimate of drug-likeness (QED) is 0.643. The Bertz CT molecular complexity index is 522. The third-order valence-electron chi connectivity index (χ3n) is 2.93. The number of hydrogen-bond acceptors (Lipinski definition) is 6. The van der Waals surface area contributed by atoms with Gasteiger partial charge in [-0.2, -0.15) is 4.31 Å². The SMILES string of the molecule is CNc1ncccc1S(=O)(=O)N(CCCOC)CCOC. The second-order valence-electron chi connectivity index (χ2n) is 4.34. The number of hydrogen-bond donors (Lipinski definition) is 1. The average molecular weight is 317 g/mol. The van der Waals surface area contributed by atoms with Gasteiger partial charge in [0.25, 0.3) is 0 Å². The summed E-state index contributed by atoms with van der Waals surface area (Å²) in [6, 6.07) is 3.15. The lowest BCUT2D eigenvalue weighted by molar-refractivity contribution is 0.164. The van der Waals surface area contributed by atoms with Gasteiger partial charge in [-0.1, -0.05) is 0 Å². The summed E-state index contributed by atoms with van der Waals surface area (Å²) >= 11 is 0. The van der Waals surface area contributed by atoms with Gasteiger partial charge < -0.3 is 14.8 Å². The largest absolute Gasteiger partial charge is 0.385 e. The van der Waals surface area contributed by atoms with Crippen molar-refractivity contribution in [2.75, 3.05) is 52.9 Å². The van der Waals surface area contributed by atoms with E-state index in [0.29, 0.717) is 38.5 Å². The fourth-order valence-corrected chi connectivity index (χ4v) is 3.47. The smallest absolute Gasteiger partial charge is 0.246 e. The fourth-order valence-electron chi connectivity index (χ4n) is 1.86. The lowest BCUT2D eigenvalue weighted by atomic mass is 10.4. The van der Waals surface area contributed by atoms with Gasteiger partial charge in [-0.3, -0.25) is 0 Å². The number of anilines is 1. The zero-order chi connectivity index (χ0) is 15.7. The Morgan fingerprint density at radius 3 is 2.57 bits per heavy atom. The van der Waals surface area contributed by atoms with Gasteiger partial charge in [0.05, 0.1) is 6.61 Å². The van der Waals surface area contributed by atoms with E-state index in [0.717, 1.165) is 0 Å². The number of nitrogens with zero attached hydrogens (tertiary/aromatic N) is 2. The van der Waals surface area contributed by atoms with Crippen LogP contribution in [-0.2, 0) is 19.5 Å². The molecule has 0 aromatic carbocycles. The molecule has 0 amide bonds. The minimum atomic E-state index is -3.62. The molecule has 120 valence electrons. The molecule has 1 aromatic heterocycles. The van der Waals surface area contributed by atoms with Crippen molar-refractivity contribution in [1.82, 2.24) is 9.29 Å². The molecule has 0 aliphatic heterocycles. The molecule has 0 bridgehead atoms. The molecule has 8 heteroatoms. The molecular weight excluding hydrogens is 294 g/mol. The zero-order valence-electron chi connectivity index (χ0n) is 12.7. The first kappa shape index (κ1) is 17.8. The van der Waals surface area contributed by atoms with Crippen LogP contribution in [-0.4, -0.2) is 65.3 Å². The number of nitrogens with one attached hydrogen (secondary N) is 1. The van der Waals surface area contributed by atoms with E-state index < -0.39 is 10.0 Å². The molecule has 0 fully saturated rings. The predicted molar refractivity (Wildman–Crippen MR) is 80.9 cm³/mol. The van der Waals surface area contributed by atoms with Crippen LogP contribution in [0.3, 0.4) is 0 Å². The maximum absolute atomic E-state index is 12.8. The van der Waals surface area contributed by atoms with Gasteiger partial charge in [0.2, 0.25) is 10.0 Å². The summed E-state index contributed by atoms with van der Waals surface area (Å²) in [4.78, 5) is 4.22. The fraction of sp³-hybridized carbons (Fsp3) is 0.615. The molecule has 1 rings (SSSR count). The average Bonchev–Trinajstić information content (AvgIpc) is 2.50. The highest BCUT2D eigenvalue weighted by Crippen LogP contribution is 2.22. The van der Waals surface area contributed by atoms with Crippen molar-refractivity contribution in [3.63, 3.8) is 0 Å². The summed E-state index contributed by atoms with van der Waals surface area (Å²) < 4.78 is 36.9. The minimum absolute atomic E-state index is 0.168. The van der Waals surface area contributed by atoms with Crippen LogP contribution in [0.25, 0.3) is 0 Å². The first-order chi connectivity index (χ1) is 10.1. The Balaban J connectivity index is 3.01. The van der Waals surface area contributed by atoms with Crippen molar-refractivity contribution in [3.05, 3.63) is 18.3 Å². The van der Waals surface area contributed by atoms with Crippen molar-refractivity contribution >= 4 is 15.8 Å². The normalized spacial score (nSPS) is 11.8. The lowest BCUT2D eigenvalue weighted by Gasteiger charge is -2.22. The summed E-state index contributed by atoms with van der Waals surface area (Å²) in [5, 5.41) is 2.81. The van der Waals surface area contributed by atoms with Crippen LogP contribution in [0.15, 0.2) is 23.2 Å². The molecule has 21 heavy (non-hydrogen) atoms.